The summed E-state index contributed by atoms with van der Waals surface area (Å²) in [6.07, 6.45) is 0.197. The Morgan fingerprint density at radius 2 is 1.97 bits per heavy atom. The highest BCUT2D eigenvalue weighted by Crippen LogP contribution is 2.39. The smallest absolute Gasteiger partial charge is 0.262 e. The molecular weight excluding hydrogens is 451 g/mol. The number of Topliss-reactive ketones (excluding diaryl/α,β-unsaturated/α-hetero) is 1. The van der Waals surface area contributed by atoms with Crippen LogP contribution in [0.1, 0.15) is 40.7 Å². The zero-order valence-corrected chi connectivity index (χ0v) is 19.2. The molecule has 0 spiro atoms. The van der Waals surface area contributed by atoms with Gasteiger partial charge < -0.3 is 14.8 Å². The molecule has 1 N–H and O–H groups in total. The van der Waals surface area contributed by atoms with Crippen LogP contribution in [-0.4, -0.2) is 57.3 Å². The number of hydrogen-bond acceptors (Lipinski definition) is 6. The second-order valence-electron chi connectivity index (χ2n) is 8.20. The van der Waals surface area contributed by atoms with E-state index in [4.69, 9.17) is 9.47 Å². The number of fused-ring (bicyclic) bond motifs is 1. The highest BCUT2D eigenvalue weighted by molar-refractivity contribution is 7.89. The summed E-state index contributed by atoms with van der Waals surface area (Å²) in [5, 5.41) is 2.62. The third-order valence-electron chi connectivity index (χ3n) is 5.84. The van der Waals surface area contributed by atoms with Gasteiger partial charge in [0, 0.05) is 30.8 Å². The summed E-state index contributed by atoms with van der Waals surface area (Å²) in [5.41, 5.74) is 1.36. The summed E-state index contributed by atoms with van der Waals surface area (Å²) in [7, 11) is -3.73. The van der Waals surface area contributed by atoms with Crippen LogP contribution in [0.2, 0.25) is 0 Å². The van der Waals surface area contributed by atoms with E-state index in [1.807, 2.05) is 0 Å². The van der Waals surface area contributed by atoms with Crippen LogP contribution in [-0.2, 0) is 19.6 Å². The Bertz CT molecular complexity index is 1210. The Morgan fingerprint density at radius 3 is 2.70 bits per heavy atom. The molecule has 2 aliphatic rings. The van der Waals surface area contributed by atoms with Crippen LogP contribution in [0.5, 0.6) is 5.75 Å². The quantitative estimate of drug-likeness (QED) is 0.688. The average molecular weight is 477 g/mol. The number of nitrogens with one attached hydrogen (secondary N) is 1. The van der Waals surface area contributed by atoms with E-state index in [1.165, 1.54) is 22.5 Å². The normalized spacial score (nSPS) is 18.8. The molecular formula is C23H25FN2O6S. The number of ketones is 1. The second-order valence-corrected chi connectivity index (χ2v) is 10.1. The van der Waals surface area contributed by atoms with Crippen LogP contribution in [0.3, 0.4) is 0 Å². The molecule has 10 heteroatoms. The lowest BCUT2D eigenvalue weighted by Gasteiger charge is -2.26. The molecule has 8 nitrogen and oxygen atoms in total. The fourth-order valence-corrected chi connectivity index (χ4v) is 5.83. The number of anilines is 1. The third-order valence-corrected chi connectivity index (χ3v) is 7.88. The van der Waals surface area contributed by atoms with Crippen molar-refractivity contribution in [2.45, 2.75) is 31.1 Å². The molecule has 1 saturated heterocycles. The average Bonchev–Trinajstić information content (AvgIpc) is 3.10. The number of aryl methyl sites for hydroxylation is 1. The zero-order valence-electron chi connectivity index (χ0n) is 18.4. The van der Waals surface area contributed by atoms with Gasteiger partial charge in [0.1, 0.15) is 11.6 Å². The van der Waals surface area contributed by atoms with Crippen molar-refractivity contribution in [1.82, 2.24) is 4.31 Å². The molecule has 1 amide bonds. The highest BCUT2D eigenvalue weighted by atomic mass is 32.2. The lowest BCUT2D eigenvalue weighted by atomic mass is 10.0. The van der Waals surface area contributed by atoms with Crippen molar-refractivity contribution >= 4 is 27.4 Å². The number of amides is 1. The predicted molar refractivity (Wildman–Crippen MR) is 119 cm³/mol. The van der Waals surface area contributed by atoms with E-state index in [2.05, 4.69) is 5.32 Å². The number of rotatable bonds is 6. The first kappa shape index (κ1) is 23.3. The van der Waals surface area contributed by atoms with Gasteiger partial charge in [-0.05, 0) is 42.7 Å². The van der Waals surface area contributed by atoms with Crippen LogP contribution in [0.15, 0.2) is 35.2 Å². The Labute approximate surface area is 191 Å². The van der Waals surface area contributed by atoms with Crippen molar-refractivity contribution in [2.75, 3.05) is 38.2 Å². The molecule has 1 aliphatic heterocycles. The van der Waals surface area contributed by atoms with Crippen molar-refractivity contribution in [3.8, 4) is 5.75 Å². The van der Waals surface area contributed by atoms with Gasteiger partial charge in [0.15, 0.2) is 12.4 Å². The standard InChI is InChI=1S/C23H25FN2O6S/c1-14-3-4-16(12-20(14)33(29,30)26-7-9-31-10-8-26)25-21(28)13-32-19-6-5-17(24)22-15(2)11-18(27)23(19)22/h3-6,12,15H,7-11,13H2,1-2H3,(H,25,28)/t15-/m0/s1. The molecule has 0 saturated carbocycles. The van der Waals surface area contributed by atoms with Crippen molar-refractivity contribution in [1.29, 1.82) is 0 Å². The van der Waals surface area contributed by atoms with Gasteiger partial charge >= 0.3 is 0 Å². The van der Waals surface area contributed by atoms with E-state index >= 15 is 0 Å². The molecule has 1 heterocycles. The summed E-state index contributed by atoms with van der Waals surface area (Å²) in [6, 6.07) is 7.21. The largest absolute Gasteiger partial charge is 0.483 e. The van der Waals surface area contributed by atoms with E-state index in [1.54, 1.807) is 26.0 Å². The number of hydrogen-bond donors (Lipinski definition) is 1. The van der Waals surface area contributed by atoms with Crippen LogP contribution in [0.4, 0.5) is 10.1 Å². The van der Waals surface area contributed by atoms with E-state index in [0.717, 1.165) is 0 Å². The van der Waals surface area contributed by atoms with Crippen LogP contribution >= 0.6 is 0 Å². The van der Waals surface area contributed by atoms with Crippen molar-refractivity contribution < 1.29 is 31.9 Å². The van der Waals surface area contributed by atoms with Gasteiger partial charge in [0.05, 0.1) is 23.7 Å². The number of sulfonamides is 1. The molecule has 2 aromatic carbocycles. The Hall–Kier alpha value is -2.82. The maximum atomic E-state index is 14.1. The number of nitrogens with zero attached hydrogens (tertiary/aromatic N) is 1. The minimum absolute atomic E-state index is 0.110. The summed E-state index contributed by atoms with van der Waals surface area (Å²) in [5.74, 6) is -1.30. The number of halogens is 1. The lowest BCUT2D eigenvalue weighted by Crippen LogP contribution is -2.40. The fraction of sp³-hybridized carbons (Fsp3) is 0.391. The van der Waals surface area contributed by atoms with Gasteiger partial charge in [-0.3, -0.25) is 9.59 Å². The van der Waals surface area contributed by atoms with E-state index < -0.39 is 28.4 Å². The summed E-state index contributed by atoms with van der Waals surface area (Å²) < 4.78 is 52.3. The first-order chi connectivity index (χ1) is 15.7. The first-order valence-electron chi connectivity index (χ1n) is 10.6. The maximum Gasteiger partial charge on any atom is 0.262 e. The fourth-order valence-electron chi connectivity index (χ4n) is 4.17. The summed E-state index contributed by atoms with van der Waals surface area (Å²) >= 11 is 0. The van der Waals surface area contributed by atoms with Crippen LogP contribution < -0.4 is 10.1 Å². The minimum atomic E-state index is -3.73. The van der Waals surface area contributed by atoms with Gasteiger partial charge in [-0.15, -0.1) is 0 Å². The maximum absolute atomic E-state index is 14.1. The molecule has 1 aliphatic carbocycles. The zero-order chi connectivity index (χ0) is 23.8. The van der Waals surface area contributed by atoms with Gasteiger partial charge in [0.25, 0.3) is 5.91 Å². The molecule has 0 unspecified atom stereocenters. The van der Waals surface area contributed by atoms with Crippen LogP contribution in [0, 0.1) is 12.7 Å². The van der Waals surface area contributed by atoms with E-state index in [0.29, 0.717) is 30.0 Å². The number of morpholine rings is 1. The number of carbonyl (C=O) groups is 2. The van der Waals surface area contributed by atoms with Gasteiger partial charge in [-0.25, -0.2) is 12.8 Å². The van der Waals surface area contributed by atoms with Crippen molar-refractivity contribution in [2.24, 2.45) is 0 Å². The molecule has 2 aromatic rings. The predicted octanol–water partition coefficient (Wildman–Crippen LogP) is 2.86. The molecule has 0 aromatic heterocycles. The van der Waals surface area contributed by atoms with Crippen LogP contribution in [0.25, 0.3) is 0 Å². The van der Waals surface area contributed by atoms with E-state index in [-0.39, 0.29) is 47.4 Å². The Kier molecular flexibility index (Phi) is 6.51. The number of carbonyl (C=O) groups excluding carboxylic acids is 2. The van der Waals surface area contributed by atoms with Gasteiger partial charge in [-0.2, -0.15) is 4.31 Å². The minimum Gasteiger partial charge on any atom is -0.483 e. The lowest BCUT2D eigenvalue weighted by molar-refractivity contribution is -0.118. The molecule has 176 valence electrons. The van der Waals surface area contributed by atoms with Crippen molar-refractivity contribution in [3.63, 3.8) is 0 Å². The number of benzene rings is 2. The monoisotopic (exact) mass is 476 g/mol. The molecule has 0 radical (unpaired) electrons. The third kappa shape index (κ3) is 4.64. The van der Waals surface area contributed by atoms with Gasteiger partial charge in [0.2, 0.25) is 10.0 Å². The Balaban J connectivity index is 1.47. The summed E-state index contributed by atoms with van der Waals surface area (Å²) in [6.45, 7) is 4.25. The first-order valence-corrected chi connectivity index (χ1v) is 12.1. The van der Waals surface area contributed by atoms with Gasteiger partial charge in [-0.1, -0.05) is 13.0 Å². The highest BCUT2D eigenvalue weighted by Gasteiger charge is 2.33. The molecule has 0 bridgehead atoms. The SMILES string of the molecule is Cc1ccc(NC(=O)COc2ccc(F)c3c2C(=O)C[C@@H]3C)cc1S(=O)(=O)N1CCOCC1. The molecule has 33 heavy (non-hydrogen) atoms. The molecule has 1 fully saturated rings. The molecule has 1 atom stereocenters. The Morgan fingerprint density at radius 1 is 1.24 bits per heavy atom. The summed E-state index contributed by atoms with van der Waals surface area (Å²) in [4.78, 5) is 24.8. The van der Waals surface area contributed by atoms with E-state index in [9.17, 15) is 22.4 Å². The second kappa shape index (κ2) is 9.20. The molecule has 4 rings (SSSR count). The number of ether oxygens (including phenoxy) is 2. The van der Waals surface area contributed by atoms with Crippen molar-refractivity contribution in [3.05, 3.63) is 52.8 Å². The topological polar surface area (TPSA) is 102 Å².